The number of amides is 2. The second-order valence-electron chi connectivity index (χ2n) is 7.59. The third-order valence-corrected chi connectivity index (χ3v) is 5.70. The molecule has 1 N–H and O–H groups in total. The van der Waals surface area contributed by atoms with Crippen LogP contribution >= 0.6 is 0 Å². The van der Waals surface area contributed by atoms with Crippen LogP contribution in [-0.4, -0.2) is 46.1 Å². The minimum absolute atomic E-state index is 0.328. The number of fused-ring (bicyclic) bond motifs is 2. The van der Waals surface area contributed by atoms with Crippen LogP contribution in [0.3, 0.4) is 0 Å². The summed E-state index contributed by atoms with van der Waals surface area (Å²) in [5.74, 6) is -2.57. The Labute approximate surface area is 167 Å². The lowest BCUT2D eigenvalue weighted by Crippen LogP contribution is -2.38. The lowest BCUT2D eigenvalue weighted by Gasteiger charge is -2.17. The van der Waals surface area contributed by atoms with E-state index in [0.29, 0.717) is 24.1 Å². The minimum Gasteiger partial charge on any atom is -0.453 e. The molecule has 3 atom stereocenters. The van der Waals surface area contributed by atoms with Crippen LogP contribution in [0.1, 0.15) is 35.8 Å². The number of ketones is 1. The van der Waals surface area contributed by atoms with Crippen molar-refractivity contribution in [3.05, 3.63) is 47.7 Å². The van der Waals surface area contributed by atoms with Gasteiger partial charge in [-0.15, -0.1) is 0 Å². The second kappa shape index (κ2) is 7.31. The molecule has 1 fully saturated rings. The summed E-state index contributed by atoms with van der Waals surface area (Å²) in [6, 6.07) is 7.40. The quantitative estimate of drug-likeness (QED) is 0.364. The first-order chi connectivity index (χ1) is 13.9. The number of aromatic nitrogens is 1. The fourth-order valence-corrected chi connectivity index (χ4v) is 4.24. The molecule has 0 unspecified atom stereocenters. The number of carbonyl (C=O) groups excluding carboxylic acids is 4. The van der Waals surface area contributed by atoms with Crippen LogP contribution in [0.2, 0.25) is 0 Å². The van der Waals surface area contributed by atoms with Crippen molar-refractivity contribution in [3.8, 4) is 0 Å². The number of para-hydroxylation sites is 1. The van der Waals surface area contributed by atoms with E-state index >= 15 is 0 Å². The van der Waals surface area contributed by atoms with Crippen LogP contribution in [-0.2, 0) is 19.1 Å². The maximum absolute atomic E-state index is 12.9. The summed E-state index contributed by atoms with van der Waals surface area (Å²) in [5, 5.41) is 0.763. The highest BCUT2D eigenvalue weighted by molar-refractivity contribution is 6.12. The molecule has 150 valence electrons. The number of imide groups is 1. The van der Waals surface area contributed by atoms with Crippen LogP contribution in [0.15, 0.2) is 36.4 Å². The number of hydrogen-bond donors (Lipinski definition) is 1. The van der Waals surface area contributed by atoms with Gasteiger partial charge in [-0.2, -0.15) is 0 Å². The van der Waals surface area contributed by atoms with Gasteiger partial charge in [-0.25, -0.2) is 0 Å². The Hall–Kier alpha value is -3.22. The standard InChI is InChI=1S/C22H22N2O5/c1-12-19(16-9-5-6-10-17(16)23-12)20(26)13(2)29-18(25)11-24-21(27)14-7-3-4-8-15(14)22(24)28/h3-6,9-10,13-15,23H,7-8,11H2,1-2H3/t13-,14-,15+/m0/s1. The number of nitrogens with one attached hydrogen (secondary N) is 1. The Morgan fingerprint density at radius 2 is 1.76 bits per heavy atom. The van der Waals surface area contributed by atoms with E-state index in [1.807, 2.05) is 36.4 Å². The number of allylic oxidation sites excluding steroid dienone is 2. The Morgan fingerprint density at radius 3 is 2.41 bits per heavy atom. The van der Waals surface area contributed by atoms with E-state index in [9.17, 15) is 19.2 Å². The number of carbonyl (C=O) groups is 4. The molecule has 0 bridgehead atoms. The molecule has 2 aliphatic rings. The average molecular weight is 394 g/mol. The zero-order valence-corrected chi connectivity index (χ0v) is 16.3. The summed E-state index contributed by atoms with van der Waals surface area (Å²) in [7, 11) is 0. The van der Waals surface area contributed by atoms with Gasteiger partial charge in [-0.1, -0.05) is 30.4 Å². The summed E-state index contributed by atoms with van der Waals surface area (Å²) in [6.07, 6.45) is 3.76. The molecule has 2 heterocycles. The topological polar surface area (TPSA) is 96.5 Å². The highest BCUT2D eigenvalue weighted by Crippen LogP contribution is 2.35. The molecule has 7 nitrogen and oxygen atoms in total. The highest BCUT2D eigenvalue weighted by Gasteiger charge is 2.48. The Bertz CT molecular complexity index is 1020. The predicted molar refractivity (Wildman–Crippen MR) is 105 cm³/mol. The first-order valence-corrected chi connectivity index (χ1v) is 9.69. The van der Waals surface area contributed by atoms with Gasteiger partial charge in [0.05, 0.1) is 11.8 Å². The summed E-state index contributed by atoms with van der Waals surface area (Å²) in [4.78, 5) is 54.4. The molecule has 2 amide bonds. The number of Topliss-reactive ketones (excluding diaryl/α,β-unsaturated/α-hetero) is 1. The maximum Gasteiger partial charge on any atom is 0.326 e. The predicted octanol–water partition coefficient (Wildman–Crippen LogP) is 2.54. The number of ether oxygens (including phenoxy) is 1. The van der Waals surface area contributed by atoms with E-state index < -0.39 is 30.5 Å². The van der Waals surface area contributed by atoms with Crippen LogP contribution in [0.4, 0.5) is 0 Å². The van der Waals surface area contributed by atoms with Gasteiger partial charge >= 0.3 is 5.97 Å². The molecular weight excluding hydrogens is 372 g/mol. The lowest BCUT2D eigenvalue weighted by atomic mass is 9.85. The van der Waals surface area contributed by atoms with Crippen molar-refractivity contribution in [2.24, 2.45) is 11.8 Å². The van der Waals surface area contributed by atoms with E-state index in [2.05, 4.69) is 4.98 Å². The molecule has 1 saturated heterocycles. The summed E-state index contributed by atoms with van der Waals surface area (Å²) in [6.45, 7) is 2.83. The number of likely N-dealkylation sites (tertiary alicyclic amines) is 1. The molecule has 1 aliphatic carbocycles. The molecule has 7 heteroatoms. The summed E-state index contributed by atoms with van der Waals surface area (Å²) >= 11 is 0. The van der Waals surface area contributed by atoms with Crippen molar-refractivity contribution >= 4 is 34.5 Å². The Balaban J connectivity index is 1.44. The molecule has 0 spiro atoms. The largest absolute Gasteiger partial charge is 0.453 e. The number of hydrogen-bond acceptors (Lipinski definition) is 5. The van der Waals surface area contributed by atoms with Crippen LogP contribution < -0.4 is 0 Å². The van der Waals surface area contributed by atoms with E-state index in [-0.39, 0.29) is 17.6 Å². The van der Waals surface area contributed by atoms with E-state index in [1.165, 1.54) is 6.92 Å². The fourth-order valence-electron chi connectivity index (χ4n) is 4.24. The van der Waals surface area contributed by atoms with Gasteiger partial charge in [0.2, 0.25) is 17.6 Å². The number of H-pyrrole nitrogens is 1. The molecule has 1 aromatic carbocycles. The van der Waals surface area contributed by atoms with Crippen molar-refractivity contribution < 1.29 is 23.9 Å². The molecule has 0 saturated carbocycles. The number of aryl methyl sites for hydroxylation is 1. The number of rotatable bonds is 5. The lowest BCUT2D eigenvalue weighted by molar-refractivity contribution is -0.154. The smallest absolute Gasteiger partial charge is 0.326 e. The molecule has 0 radical (unpaired) electrons. The molecule has 1 aliphatic heterocycles. The normalized spacial score (nSPS) is 22.1. The molecule has 4 rings (SSSR count). The van der Waals surface area contributed by atoms with Gasteiger partial charge in [-0.3, -0.25) is 24.1 Å². The molecule has 2 aromatic rings. The van der Waals surface area contributed by atoms with Crippen LogP contribution in [0.25, 0.3) is 10.9 Å². The summed E-state index contributed by atoms with van der Waals surface area (Å²) in [5.41, 5.74) is 2.00. The monoisotopic (exact) mass is 394 g/mol. The van der Waals surface area contributed by atoms with Gasteiger partial charge in [0.25, 0.3) is 0 Å². The van der Waals surface area contributed by atoms with E-state index in [4.69, 9.17) is 4.74 Å². The summed E-state index contributed by atoms with van der Waals surface area (Å²) < 4.78 is 5.29. The van der Waals surface area contributed by atoms with Crippen LogP contribution in [0.5, 0.6) is 0 Å². The number of esters is 1. The van der Waals surface area contributed by atoms with Gasteiger partial charge in [0.15, 0.2) is 6.10 Å². The van der Waals surface area contributed by atoms with Crippen molar-refractivity contribution in [2.75, 3.05) is 6.54 Å². The van der Waals surface area contributed by atoms with Gasteiger partial charge in [0.1, 0.15) is 6.54 Å². The van der Waals surface area contributed by atoms with Gasteiger partial charge in [0, 0.05) is 22.2 Å². The highest BCUT2D eigenvalue weighted by atomic mass is 16.5. The van der Waals surface area contributed by atoms with Crippen molar-refractivity contribution in [3.63, 3.8) is 0 Å². The number of benzene rings is 1. The first kappa shape index (κ1) is 19.1. The Morgan fingerprint density at radius 1 is 1.14 bits per heavy atom. The van der Waals surface area contributed by atoms with E-state index in [1.54, 1.807) is 6.92 Å². The third kappa shape index (κ3) is 3.26. The molecule has 29 heavy (non-hydrogen) atoms. The van der Waals surface area contributed by atoms with Crippen LogP contribution in [0, 0.1) is 18.8 Å². The van der Waals surface area contributed by atoms with Crippen molar-refractivity contribution in [2.45, 2.75) is 32.8 Å². The van der Waals surface area contributed by atoms with E-state index in [0.717, 1.165) is 15.8 Å². The third-order valence-electron chi connectivity index (χ3n) is 5.70. The van der Waals surface area contributed by atoms with Gasteiger partial charge in [-0.05, 0) is 32.8 Å². The zero-order chi connectivity index (χ0) is 20.7. The fraction of sp³-hybridized carbons (Fsp3) is 0.364. The van der Waals surface area contributed by atoms with Crippen molar-refractivity contribution in [1.29, 1.82) is 0 Å². The minimum atomic E-state index is -1.03. The zero-order valence-electron chi connectivity index (χ0n) is 16.3. The number of nitrogens with zero attached hydrogens (tertiary/aromatic N) is 1. The number of aromatic amines is 1. The SMILES string of the molecule is Cc1[nH]c2ccccc2c1C(=O)[C@H](C)OC(=O)CN1C(=O)[C@H]2CC=CC[C@H]2C1=O. The average Bonchev–Trinajstić information content (AvgIpc) is 3.16. The molecule has 1 aromatic heterocycles. The first-order valence-electron chi connectivity index (χ1n) is 9.69. The van der Waals surface area contributed by atoms with Gasteiger partial charge < -0.3 is 9.72 Å². The Kier molecular flexibility index (Phi) is 4.82. The second-order valence-corrected chi connectivity index (χ2v) is 7.59. The van der Waals surface area contributed by atoms with Crippen molar-refractivity contribution in [1.82, 2.24) is 9.88 Å². The maximum atomic E-state index is 12.9. The molecular formula is C22H22N2O5.